The van der Waals surface area contributed by atoms with Gasteiger partial charge in [0.25, 0.3) is 5.92 Å². The van der Waals surface area contributed by atoms with Gasteiger partial charge in [0.1, 0.15) is 0 Å². The van der Waals surface area contributed by atoms with E-state index in [0.717, 1.165) is 0 Å². The van der Waals surface area contributed by atoms with Crippen molar-refractivity contribution in [2.24, 2.45) is 17.6 Å². The largest absolute Gasteiger partial charge is 0.327 e. The van der Waals surface area contributed by atoms with Crippen LogP contribution in [0.4, 0.5) is 8.78 Å². The van der Waals surface area contributed by atoms with Crippen molar-refractivity contribution >= 4 is 0 Å². The fourth-order valence-electron chi connectivity index (χ4n) is 2.25. The minimum absolute atomic E-state index is 0.0405. The van der Waals surface area contributed by atoms with E-state index in [2.05, 4.69) is 0 Å². The summed E-state index contributed by atoms with van der Waals surface area (Å²) in [4.78, 5) is 0. The third-order valence-electron chi connectivity index (χ3n) is 2.88. The quantitative estimate of drug-likeness (QED) is 0.550. The number of fused-ring (bicyclic) bond motifs is 2. The summed E-state index contributed by atoms with van der Waals surface area (Å²) in [5, 5.41) is 0. The molecule has 2 aliphatic rings. The molecular formula is C7H11F2N. The molecule has 2 saturated carbocycles. The van der Waals surface area contributed by atoms with E-state index in [-0.39, 0.29) is 18.4 Å². The van der Waals surface area contributed by atoms with Crippen molar-refractivity contribution in [2.45, 2.75) is 31.2 Å². The van der Waals surface area contributed by atoms with Crippen LogP contribution in [0.2, 0.25) is 0 Å². The van der Waals surface area contributed by atoms with Crippen LogP contribution in [0, 0.1) is 11.8 Å². The van der Waals surface area contributed by atoms with Crippen molar-refractivity contribution in [1.82, 2.24) is 0 Å². The summed E-state index contributed by atoms with van der Waals surface area (Å²) in [6.07, 6.45) is 1.24. The Bertz CT molecular complexity index is 156. The van der Waals surface area contributed by atoms with Gasteiger partial charge in [-0.15, -0.1) is 0 Å². The second-order valence-corrected chi connectivity index (χ2v) is 3.56. The van der Waals surface area contributed by atoms with E-state index in [4.69, 9.17) is 5.73 Å². The molecule has 58 valence electrons. The van der Waals surface area contributed by atoms with Crippen molar-refractivity contribution in [1.29, 1.82) is 0 Å². The van der Waals surface area contributed by atoms with Gasteiger partial charge in [-0.2, -0.15) is 0 Å². The van der Waals surface area contributed by atoms with Gasteiger partial charge in [0.2, 0.25) is 0 Å². The molecule has 10 heavy (non-hydrogen) atoms. The second-order valence-electron chi connectivity index (χ2n) is 3.56. The highest BCUT2D eigenvalue weighted by molar-refractivity contribution is 5.01. The second kappa shape index (κ2) is 1.70. The van der Waals surface area contributed by atoms with Crippen molar-refractivity contribution in [2.75, 3.05) is 0 Å². The van der Waals surface area contributed by atoms with Gasteiger partial charge in [-0.1, -0.05) is 0 Å². The molecule has 0 aromatic rings. The zero-order chi connectivity index (χ0) is 7.35. The van der Waals surface area contributed by atoms with Gasteiger partial charge < -0.3 is 5.73 Å². The highest BCUT2D eigenvalue weighted by Gasteiger charge is 2.55. The number of hydrogen-bond donors (Lipinski definition) is 1. The van der Waals surface area contributed by atoms with Gasteiger partial charge in [0.15, 0.2) is 0 Å². The predicted octanol–water partition coefficient (Wildman–Crippen LogP) is 1.38. The fraction of sp³-hybridized carbons (Fsp3) is 1.00. The normalized spacial score (nSPS) is 50.1. The lowest BCUT2D eigenvalue weighted by atomic mass is 9.93. The van der Waals surface area contributed by atoms with Crippen LogP contribution in [0.15, 0.2) is 0 Å². The first-order valence-electron chi connectivity index (χ1n) is 3.73. The molecule has 2 aliphatic carbocycles. The van der Waals surface area contributed by atoms with Crippen LogP contribution in [0.5, 0.6) is 0 Å². The fourth-order valence-corrected chi connectivity index (χ4v) is 2.25. The van der Waals surface area contributed by atoms with Crippen molar-refractivity contribution in [3.05, 3.63) is 0 Å². The molecule has 2 N–H and O–H groups in total. The van der Waals surface area contributed by atoms with Gasteiger partial charge in [-0.3, -0.25) is 0 Å². The lowest BCUT2D eigenvalue weighted by Crippen LogP contribution is -2.35. The average molecular weight is 147 g/mol. The number of alkyl halides is 2. The molecule has 1 nitrogen and oxygen atoms in total. The van der Waals surface area contributed by atoms with Gasteiger partial charge >= 0.3 is 0 Å². The van der Waals surface area contributed by atoms with Crippen LogP contribution in [-0.4, -0.2) is 12.0 Å². The van der Waals surface area contributed by atoms with E-state index in [1.54, 1.807) is 0 Å². The molecule has 3 atom stereocenters. The molecule has 3 heteroatoms. The Labute approximate surface area is 58.6 Å². The molecule has 0 aromatic carbocycles. The van der Waals surface area contributed by atoms with Gasteiger partial charge in [-0.25, -0.2) is 8.78 Å². The monoisotopic (exact) mass is 147 g/mol. The maximum Gasteiger partial charge on any atom is 0.251 e. The molecule has 0 saturated heterocycles. The maximum absolute atomic E-state index is 12.8. The number of rotatable bonds is 0. The summed E-state index contributed by atoms with van der Waals surface area (Å²) in [6, 6.07) is 0.0598. The van der Waals surface area contributed by atoms with E-state index < -0.39 is 11.8 Å². The summed E-state index contributed by atoms with van der Waals surface area (Å²) in [6.45, 7) is 0. The topological polar surface area (TPSA) is 26.0 Å². The molecule has 1 unspecified atom stereocenters. The molecule has 0 heterocycles. The van der Waals surface area contributed by atoms with E-state index >= 15 is 0 Å². The van der Waals surface area contributed by atoms with Gasteiger partial charge in [-0.05, 0) is 18.8 Å². The van der Waals surface area contributed by atoms with Crippen molar-refractivity contribution < 1.29 is 8.78 Å². The zero-order valence-corrected chi connectivity index (χ0v) is 5.69. The van der Waals surface area contributed by atoms with Crippen LogP contribution in [0.25, 0.3) is 0 Å². The lowest BCUT2D eigenvalue weighted by molar-refractivity contribution is -0.0542. The summed E-state index contributed by atoms with van der Waals surface area (Å²) < 4.78 is 25.5. The molecule has 0 aliphatic heterocycles. The Morgan fingerprint density at radius 2 is 2.00 bits per heavy atom. The van der Waals surface area contributed by atoms with Crippen molar-refractivity contribution in [3.8, 4) is 0 Å². The van der Waals surface area contributed by atoms with E-state index in [0.29, 0.717) is 12.8 Å². The van der Waals surface area contributed by atoms with Crippen LogP contribution in [-0.2, 0) is 0 Å². The average Bonchev–Trinajstić information content (AvgIpc) is 2.21. The van der Waals surface area contributed by atoms with Crippen LogP contribution < -0.4 is 5.73 Å². The van der Waals surface area contributed by atoms with Crippen molar-refractivity contribution in [3.63, 3.8) is 0 Å². The third-order valence-corrected chi connectivity index (χ3v) is 2.88. The summed E-state index contributed by atoms with van der Waals surface area (Å²) >= 11 is 0. The minimum Gasteiger partial charge on any atom is -0.327 e. The first-order valence-corrected chi connectivity index (χ1v) is 3.73. The third kappa shape index (κ3) is 0.698. The highest BCUT2D eigenvalue weighted by atomic mass is 19.3. The zero-order valence-electron chi connectivity index (χ0n) is 5.69. The molecule has 2 rings (SSSR count). The smallest absolute Gasteiger partial charge is 0.251 e. The molecular weight excluding hydrogens is 136 g/mol. The Morgan fingerprint density at radius 1 is 1.30 bits per heavy atom. The maximum atomic E-state index is 12.8. The molecule has 0 amide bonds. The highest BCUT2D eigenvalue weighted by Crippen LogP contribution is 2.52. The Balaban J connectivity index is 2.16. The number of nitrogens with two attached hydrogens (primary N) is 1. The minimum atomic E-state index is -2.39. The lowest BCUT2D eigenvalue weighted by Gasteiger charge is -2.24. The van der Waals surface area contributed by atoms with Gasteiger partial charge in [0, 0.05) is 18.4 Å². The summed E-state index contributed by atoms with van der Waals surface area (Å²) in [7, 11) is 0. The standard InChI is InChI=1S/C7H11F2N/c8-7(9)3-4-1-5(7)2-6(4)10/h4-6H,1-3,10H2/t4?,5-,6+/m1/s1. The molecule has 2 bridgehead atoms. The van der Waals surface area contributed by atoms with E-state index in [1.165, 1.54) is 0 Å². The number of hydrogen-bond acceptors (Lipinski definition) is 1. The van der Waals surface area contributed by atoms with E-state index in [9.17, 15) is 8.78 Å². The SMILES string of the molecule is N[C@H]1C[C@H]2CC1CC2(F)F. The summed E-state index contributed by atoms with van der Waals surface area (Å²) in [5.41, 5.74) is 5.61. The first kappa shape index (κ1) is 6.53. The predicted molar refractivity (Wildman–Crippen MR) is 33.8 cm³/mol. The molecule has 0 radical (unpaired) electrons. The molecule has 0 aromatic heterocycles. The Morgan fingerprint density at radius 3 is 2.30 bits per heavy atom. The van der Waals surface area contributed by atoms with Crippen LogP contribution >= 0.6 is 0 Å². The molecule has 2 fully saturated rings. The van der Waals surface area contributed by atoms with E-state index in [1.807, 2.05) is 0 Å². The van der Waals surface area contributed by atoms with Crippen LogP contribution in [0.1, 0.15) is 19.3 Å². The summed E-state index contributed by atoms with van der Waals surface area (Å²) in [5.74, 6) is -2.67. The molecule has 0 spiro atoms. The van der Waals surface area contributed by atoms with Crippen LogP contribution in [0.3, 0.4) is 0 Å². The number of halogens is 2. The Kier molecular flexibility index (Phi) is 1.11. The van der Waals surface area contributed by atoms with Gasteiger partial charge in [0.05, 0.1) is 0 Å². The first-order chi connectivity index (χ1) is 4.59. The Hall–Kier alpha value is -0.180.